The lowest BCUT2D eigenvalue weighted by atomic mass is 9.93. The van der Waals surface area contributed by atoms with Crippen LogP contribution in [-0.2, 0) is 14.8 Å². The van der Waals surface area contributed by atoms with Crippen molar-refractivity contribution >= 4 is 22.0 Å². The van der Waals surface area contributed by atoms with E-state index >= 15 is 0 Å². The zero-order chi connectivity index (χ0) is 21.6. The minimum absolute atomic E-state index is 0.178. The molecule has 0 radical (unpaired) electrons. The quantitative estimate of drug-likeness (QED) is 0.663. The van der Waals surface area contributed by atoms with Gasteiger partial charge < -0.3 is 4.90 Å². The number of carbonyl (C=O) groups is 1. The van der Waals surface area contributed by atoms with Gasteiger partial charge in [-0.05, 0) is 38.3 Å². The van der Waals surface area contributed by atoms with Gasteiger partial charge in [-0.3, -0.25) is 9.69 Å². The summed E-state index contributed by atoms with van der Waals surface area (Å²) in [5.74, 6) is 0.178. The molecule has 0 bridgehead atoms. The number of nitrogens with zero attached hydrogens (tertiary/aromatic N) is 3. The Morgan fingerprint density at radius 1 is 1.07 bits per heavy atom. The van der Waals surface area contributed by atoms with E-state index in [-0.39, 0.29) is 11.9 Å². The Bertz CT molecular complexity index is 809. The van der Waals surface area contributed by atoms with Crippen molar-refractivity contribution in [3.05, 3.63) is 41.3 Å². The molecule has 30 heavy (non-hydrogen) atoms. The van der Waals surface area contributed by atoms with Crippen LogP contribution in [0, 0.1) is 0 Å². The summed E-state index contributed by atoms with van der Waals surface area (Å²) in [5.41, 5.74) is 0.863. The smallest absolute Gasteiger partial charge is 0.237 e. The maximum absolute atomic E-state index is 13.0. The highest BCUT2D eigenvalue weighted by Crippen LogP contribution is 2.24. The van der Waals surface area contributed by atoms with E-state index in [1.165, 1.54) is 29.0 Å². The molecule has 3 rings (SSSR count). The van der Waals surface area contributed by atoms with Gasteiger partial charge in [0.1, 0.15) is 0 Å². The van der Waals surface area contributed by atoms with Gasteiger partial charge in [-0.1, -0.05) is 49.6 Å². The molecule has 0 spiro atoms. The summed E-state index contributed by atoms with van der Waals surface area (Å²) in [6.07, 6.45) is 7.51. The highest BCUT2D eigenvalue weighted by atomic mass is 32.2. The summed E-state index contributed by atoms with van der Waals surface area (Å²) < 4.78 is 26.8. The molecular formula is C23H35N3O3S. The first kappa shape index (κ1) is 23.0. The number of carbonyl (C=O) groups excluding carboxylic acids is 1. The predicted octanol–water partition coefficient (Wildman–Crippen LogP) is 3.17. The summed E-state index contributed by atoms with van der Waals surface area (Å²) in [5, 5.41) is 1.28. The standard InChI is InChI=1S/C23H35N3O3S/c1-20(2)26(22-11-7-4-8-12-22)23(27)19-24-14-16-25(17-15-24)30(28,29)18-13-21-9-5-3-6-10-21/h3,5-6,9-10,13,18,20,22H,4,7-8,11-12,14-17,19H2,1-2H3. The predicted molar refractivity (Wildman–Crippen MR) is 121 cm³/mol. The van der Waals surface area contributed by atoms with Gasteiger partial charge in [-0.2, -0.15) is 4.31 Å². The van der Waals surface area contributed by atoms with Crippen molar-refractivity contribution in [2.24, 2.45) is 0 Å². The topological polar surface area (TPSA) is 60.9 Å². The first-order chi connectivity index (χ1) is 14.4. The summed E-state index contributed by atoms with van der Waals surface area (Å²) in [7, 11) is -3.45. The number of hydrogen-bond acceptors (Lipinski definition) is 4. The lowest BCUT2D eigenvalue weighted by Crippen LogP contribution is -2.54. The number of hydrogen-bond donors (Lipinski definition) is 0. The summed E-state index contributed by atoms with van der Waals surface area (Å²) in [6.45, 7) is 6.57. The maximum Gasteiger partial charge on any atom is 0.237 e. The molecule has 1 heterocycles. The normalized spacial score (nSPS) is 20.1. The molecule has 1 aromatic carbocycles. The van der Waals surface area contributed by atoms with E-state index in [0.717, 1.165) is 18.4 Å². The van der Waals surface area contributed by atoms with Gasteiger partial charge in [0.2, 0.25) is 15.9 Å². The summed E-state index contributed by atoms with van der Waals surface area (Å²) >= 11 is 0. The second-order valence-corrected chi connectivity index (χ2v) is 10.4. The second-order valence-electron chi connectivity index (χ2n) is 8.62. The molecule has 0 unspecified atom stereocenters. The monoisotopic (exact) mass is 433 g/mol. The lowest BCUT2D eigenvalue weighted by Gasteiger charge is -2.39. The van der Waals surface area contributed by atoms with Crippen molar-refractivity contribution in [2.75, 3.05) is 32.7 Å². The third kappa shape index (κ3) is 6.15. The molecule has 0 aromatic heterocycles. The molecule has 1 saturated carbocycles. The average molecular weight is 434 g/mol. The van der Waals surface area contributed by atoms with Crippen LogP contribution in [0.15, 0.2) is 35.7 Å². The van der Waals surface area contributed by atoms with Crippen LogP contribution in [0.3, 0.4) is 0 Å². The second kappa shape index (κ2) is 10.6. The zero-order valence-electron chi connectivity index (χ0n) is 18.2. The highest BCUT2D eigenvalue weighted by Gasteiger charge is 2.31. The van der Waals surface area contributed by atoms with Gasteiger partial charge in [-0.25, -0.2) is 8.42 Å². The number of amides is 1. The Balaban J connectivity index is 1.53. The third-order valence-electron chi connectivity index (χ3n) is 6.09. The Morgan fingerprint density at radius 2 is 1.70 bits per heavy atom. The minimum Gasteiger partial charge on any atom is -0.336 e. The van der Waals surface area contributed by atoms with Gasteiger partial charge in [0.05, 0.1) is 6.54 Å². The molecule has 6 nitrogen and oxygen atoms in total. The fourth-order valence-corrected chi connectivity index (χ4v) is 5.68. The van der Waals surface area contributed by atoms with E-state index in [2.05, 4.69) is 23.6 Å². The first-order valence-corrected chi connectivity index (χ1v) is 12.6. The molecule has 0 atom stereocenters. The number of sulfonamides is 1. The van der Waals surface area contributed by atoms with E-state index in [4.69, 9.17) is 0 Å². The Kier molecular flexibility index (Phi) is 8.08. The Labute approximate surface area is 181 Å². The van der Waals surface area contributed by atoms with Crippen LogP contribution in [-0.4, -0.2) is 73.2 Å². The highest BCUT2D eigenvalue weighted by molar-refractivity contribution is 7.92. The van der Waals surface area contributed by atoms with Crippen LogP contribution >= 0.6 is 0 Å². The number of rotatable bonds is 7. The fraction of sp³-hybridized carbons (Fsp3) is 0.609. The van der Waals surface area contributed by atoms with Crippen LogP contribution in [0.25, 0.3) is 6.08 Å². The molecule has 1 aromatic rings. The van der Waals surface area contributed by atoms with Crippen molar-refractivity contribution < 1.29 is 13.2 Å². The van der Waals surface area contributed by atoms with Crippen LogP contribution in [0.4, 0.5) is 0 Å². The fourth-order valence-electron chi connectivity index (χ4n) is 4.50. The first-order valence-electron chi connectivity index (χ1n) is 11.1. The van der Waals surface area contributed by atoms with Crippen LogP contribution in [0.2, 0.25) is 0 Å². The van der Waals surface area contributed by atoms with Crippen LogP contribution < -0.4 is 0 Å². The molecule has 166 valence electrons. The van der Waals surface area contributed by atoms with Crippen molar-refractivity contribution in [3.63, 3.8) is 0 Å². The number of benzene rings is 1. The SMILES string of the molecule is CC(C)N(C(=O)CN1CCN(S(=O)(=O)C=Cc2ccccc2)CC1)C1CCCCC1. The molecule has 1 saturated heterocycles. The van der Waals surface area contributed by atoms with Crippen molar-refractivity contribution in [1.29, 1.82) is 0 Å². The van der Waals surface area contributed by atoms with E-state index in [9.17, 15) is 13.2 Å². The largest absolute Gasteiger partial charge is 0.336 e. The van der Waals surface area contributed by atoms with Crippen LogP contribution in [0.1, 0.15) is 51.5 Å². The van der Waals surface area contributed by atoms with E-state index < -0.39 is 10.0 Å². The van der Waals surface area contributed by atoms with Gasteiger partial charge in [0.25, 0.3) is 0 Å². The molecule has 2 aliphatic rings. The molecular weight excluding hydrogens is 398 g/mol. The van der Waals surface area contributed by atoms with Crippen molar-refractivity contribution in [2.45, 2.75) is 58.0 Å². The van der Waals surface area contributed by atoms with Gasteiger partial charge in [0.15, 0.2) is 0 Å². The van der Waals surface area contributed by atoms with Gasteiger partial charge in [-0.15, -0.1) is 0 Å². The number of piperazine rings is 1. The Hall–Kier alpha value is -1.70. The van der Waals surface area contributed by atoms with E-state index in [1.807, 2.05) is 30.3 Å². The molecule has 1 aliphatic heterocycles. The minimum atomic E-state index is -3.45. The van der Waals surface area contributed by atoms with E-state index in [1.54, 1.807) is 6.08 Å². The molecule has 0 N–H and O–H groups in total. The average Bonchev–Trinajstić information content (AvgIpc) is 2.74. The van der Waals surface area contributed by atoms with E-state index in [0.29, 0.717) is 38.8 Å². The van der Waals surface area contributed by atoms with Crippen LogP contribution in [0.5, 0.6) is 0 Å². The van der Waals surface area contributed by atoms with Gasteiger partial charge in [0, 0.05) is 43.7 Å². The summed E-state index contributed by atoms with van der Waals surface area (Å²) in [6, 6.07) is 9.98. The third-order valence-corrected chi connectivity index (χ3v) is 7.66. The lowest BCUT2D eigenvalue weighted by molar-refractivity contribution is -0.137. The summed E-state index contributed by atoms with van der Waals surface area (Å²) in [4.78, 5) is 17.2. The molecule has 1 aliphatic carbocycles. The van der Waals surface area contributed by atoms with Crippen molar-refractivity contribution in [3.8, 4) is 0 Å². The Morgan fingerprint density at radius 3 is 2.30 bits per heavy atom. The molecule has 1 amide bonds. The molecule has 7 heteroatoms. The maximum atomic E-state index is 13.0. The molecule has 2 fully saturated rings. The van der Waals surface area contributed by atoms with Gasteiger partial charge >= 0.3 is 0 Å². The zero-order valence-corrected chi connectivity index (χ0v) is 19.1. The van der Waals surface area contributed by atoms with Crippen molar-refractivity contribution in [1.82, 2.24) is 14.1 Å².